The molecule has 0 bridgehead atoms. The number of hydrogen-bond donors (Lipinski definition) is 2. The first kappa shape index (κ1) is 11.3. The van der Waals surface area contributed by atoms with Crippen molar-refractivity contribution in [2.75, 3.05) is 0 Å². The van der Waals surface area contributed by atoms with Crippen molar-refractivity contribution in [2.45, 2.75) is 49.4 Å². The van der Waals surface area contributed by atoms with Crippen molar-refractivity contribution in [3.8, 4) is 0 Å². The van der Waals surface area contributed by atoms with Crippen molar-refractivity contribution < 1.29 is 12.8 Å². The summed E-state index contributed by atoms with van der Waals surface area (Å²) in [6, 6.07) is 3.94. The van der Waals surface area contributed by atoms with Crippen LogP contribution in [-0.4, -0.2) is 20.5 Å². The quantitative estimate of drug-likeness (QED) is 0.795. The van der Waals surface area contributed by atoms with Gasteiger partial charge in [0.15, 0.2) is 0 Å². The number of sulfonamides is 1. The first-order valence-electron chi connectivity index (χ1n) is 5.98. The van der Waals surface area contributed by atoms with E-state index in [1.165, 1.54) is 18.9 Å². The van der Waals surface area contributed by atoms with Crippen molar-refractivity contribution in [3.63, 3.8) is 0 Å². The van der Waals surface area contributed by atoms with E-state index in [-0.39, 0.29) is 11.1 Å². The standard InChI is InChI=1S/C11H16N2O3S/c14-17(15,13-9-3-4-9)11-6-5-10(16-11)7-12-8-1-2-8/h5-6,8-9,12-13H,1-4,7H2. The number of furan rings is 1. The summed E-state index contributed by atoms with van der Waals surface area (Å²) in [5.41, 5.74) is 0. The van der Waals surface area contributed by atoms with Crippen LogP contribution in [0.3, 0.4) is 0 Å². The monoisotopic (exact) mass is 256 g/mol. The van der Waals surface area contributed by atoms with Gasteiger partial charge in [-0.05, 0) is 37.8 Å². The lowest BCUT2D eigenvalue weighted by Crippen LogP contribution is -2.25. The molecule has 1 aromatic heterocycles. The maximum atomic E-state index is 11.8. The summed E-state index contributed by atoms with van der Waals surface area (Å²) in [5.74, 6) is 0.674. The Morgan fingerprint density at radius 2 is 1.88 bits per heavy atom. The Morgan fingerprint density at radius 1 is 1.18 bits per heavy atom. The largest absolute Gasteiger partial charge is 0.447 e. The topological polar surface area (TPSA) is 71.3 Å². The van der Waals surface area contributed by atoms with Crippen LogP contribution in [0.1, 0.15) is 31.4 Å². The smallest absolute Gasteiger partial charge is 0.274 e. The minimum Gasteiger partial charge on any atom is -0.447 e. The van der Waals surface area contributed by atoms with Gasteiger partial charge in [0, 0.05) is 12.1 Å². The van der Waals surface area contributed by atoms with E-state index in [9.17, 15) is 8.42 Å². The summed E-state index contributed by atoms with van der Waals surface area (Å²) in [5, 5.41) is 3.31. The Kier molecular flexibility index (Phi) is 2.72. The van der Waals surface area contributed by atoms with Gasteiger partial charge in [-0.25, -0.2) is 13.1 Å². The lowest BCUT2D eigenvalue weighted by atomic mass is 10.4. The second kappa shape index (κ2) is 4.12. The van der Waals surface area contributed by atoms with Crippen LogP contribution >= 0.6 is 0 Å². The number of nitrogens with one attached hydrogen (secondary N) is 2. The third-order valence-corrected chi connectivity index (χ3v) is 4.34. The van der Waals surface area contributed by atoms with Gasteiger partial charge in [-0.1, -0.05) is 0 Å². The van der Waals surface area contributed by atoms with Crippen LogP contribution in [-0.2, 0) is 16.6 Å². The molecule has 1 aromatic rings. The molecule has 17 heavy (non-hydrogen) atoms. The zero-order valence-corrected chi connectivity index (χ0v) is 10.3. The molecule has 94 valence electrons. The minimum atomic E-state index is -3.44. The van der Waals surface area contributed by atoms with E-state index in [0.29, 0.717) is 18.3 Å². The first-order valence-corrected chi connectivity index (χ1v) is 7.46. The van der Waals surface area contributed by atoms with Crippen molar-refractivity contribution in [1.29, 1.82) is 0 Å². The Bertz CT molecular complexity index is 501. The maximum Gasteiger partial charge on any atom is 0.274 e. The van der Waals surface area contributed by atoms with E-state index < -0.39 is 10.0 Å². The van der Waals surface area contributed by atoms with E-state index in [1.54, 1.807) is 6.07 Å². The van der Waals surface area contributed by atoms with Crippen LogP contribution in [0.2, 0.25) is 0 Å². The molecule has 2 N–H and O–H groups in total. The van der Waals surface area contributed by atoms with E-state index in [2.05, 4.69) is 10.0 Å². The molecule has 0 atom stereocenters. The van der Waals surface area contributed by atoms with Crippen LogP contribution in [0, 0.1) is 0 Å². The van der Waals surface area contributed by atoms with Crippen LogP contribution in [0.4, 0.5) is 0 Å². The van der Waals surface area contributed by atoms with E-state index in [4.69, 9.17) is 4.42 Å². The fourth-order valence-electron chi connectivity index (χ4n) is 1.61. The molecule has 5 nitrogen and oxygen atoms in total. The Hall–Kier alpha value is -0.850. The van der Waals surface area contributed by atoms with Crippen LogP contribution < -0.4 is 10.0 Å². The normalized spacial score (nSPS) is 20.7. The van der Waals surface area contributed by atoms with Gasteiger partial charge in [0.05, 0.1) is 6.54 Å². The molecule has 2 aliphatic rings. The van der Waals surface area contributed by atoms with Crippen LogP contribution in [0.5, 0.6) is 0 Å². The van der Waals surface area contributed by atoms with Gasteiger partial charge in [-0.3, -0.25) is 0 Å². The summed E-state index contributed by atoms with van der Waals surface area (Å²) in [4.78, 5) is 0. The molecule has 6 heteroatoms. The van der Waals surface area contributed by atoms with Gasteiger partial charge >= 0.3 is 0 Å². The SMILES string of the molecule is O=S(=O)(NC1CC1)c1ccc(CNC2CC2)o1. The number of rotatable bonds is 6. The molecule has 0 aliphatic heterocycles. The highest BCUT2D eigenvalue weighted by Crippen LogP contribution is 2.23. The zero-order valence-electron chi connectivity index (χ0n) is 9.48. The van der Waals surface area contributed by atoms with Gasteiger partial charge in [0.25, 0.3) is 10.0 Å². The third kappa shape index (κ3) is 2.88. The molecule has 0 amide bonds. The maximum absolute atomic E-state index is 11.8. The molecule has 1 heterocycles. The lowest BCUT2D eigenvalue weighted by molar-refractivity contribution is 0.399. The summed E-state index contributed by atoms with van der Waals surface area (Å²) in [7, 11) is -3.44. The molecule has 0 spiro atoms. The fourth-order valence-corrected chi connectivity index (χ4v) is 2.86. The van der Waals surface area contributed by atoms with Gasteiger partial charge in [0.2, 0.25) is 5.09 Å². The summed E-state index contributed by atoms with van der Waals surface area (Å²) >= 11 is 0. The molecular weight excluding hydrogens is 240 g/mol. The summed E-state index contributed by atoms with van der Waals surface area (Å²) in [6.07, 6.45) is 4.26. The van der Waals surface area contributed by atoms with Crippen molar-refractivity contribution >= 4 is 10.0 Å². The van der Waals surface area contributed by atoms with Crippen molar-refractivity contribution in [2.24, 2.45) is 0 Å². The van der Waals surface area contributed by atoms with Gasteiger partial charge in [0.1, 0.15) is 5.76 Å². The average molecular weight is 256 g/mol. The van der Waals surface area contributed by atoms with Crippen molar-refractivity contribution in [1.82, 2.24) is 10.0 Å². The van der Waals surface area contributed by atoms with Gasteiger partial charge in [-0.2, -0.15) is 0 Å². The highest BCUT2D eigenvalue weighted by molar-refractivity contribution is 7.89. The van der Waals surface area contributed by atoms with E-state index >= 15 is 0 Å². The highest BCUT2D eigenvalue weighted by atomic mass is 32.2. The molecule has 3 rings (SSSR count). The Balaban J connectivity index is 1.65. The third-order valence-electron chi connectivity index (χ3n) is 2.94. The molecule has 0 radical (unpaired) electrons. The molecule has 0 saturated heterocycles. The second-order valence-corrected chi connectivity index (χ2v) is 6.42. The van der Waals surface area contributed by atoms with E-state index in [0.717, 1.165) is 12.8 Å². The number of hydrogen-bond acceptors (Lipinski definition) is 4. The molecule has 2 fully saturated rings. The first-order chi connectivity index (χ1) is 8.13. The molecule has 2 saturated carbocycles. The van der Waals surface area contributed by atoms with Gasteiger partial charge < -0.3 is 9.73 Å². The van der Waals surface area contributed by atoms with Gasteiger partial charge in [-0.15, -0.1) is 0 Å². The summed E-state index contributed by atoms with van der Waals surface area (Å²) in [6.45, 7) is 0.601. The Labute approximate surface area is 101 Å². The molecular formula is C11H16N2O3S. The lowest BCUT2D eigenvalue weighted by Gasteiger charge is -2.02. The predicted octanol–water partition coefficient (Wildman–Crippen LogP) is 0.972. The predicted molar refractivity (Wildman–Crippen MR) is 61.9 cm³/mol. The zero-order chi connectivity index (χ0) is 11.9. The summed E-state index contributed by atoms with van der Waals surface area (Å²) < 4.78 is 31.6. The van der Waals surface area contributed by atoms with Crippen molar-refractivity contribution in [3.05, 3.63) is 17.9 Å². The molecule has 2 aliphatic carbocycles. The fraction of sp³-hybridized carbons (Fsp3) is 0.636. The Morgan fingerprint density at radius 3 is 2.53 bits per heavy atom. The van der Waals surface area contributed by atoms with Crippen LogP contribution in [0.15, 0.2) is 21.6 Å². The highest BCUT2D eigenvalue weighted by Gasteiger charge is 2.30. The molecule has 0 unspecified atom stereocenters. The average Bonchev–Trinajstić information content (AvgIpc) is 3.18. The van der Waals surface area contributed by atoms with E-state index in [1.807, 2.05) is 0 Å². The minimum absolute atomic E-state index is 0.0250. The van der Waals surface area contributed by atoms with Crippen LogP contribution in [0.25, 0.3) is 0 Å². The second-order valence-electron chi connectivity index (χ2n) is 4.77. The molecule has 0 aromatic carbocycles.